The number of benzene rings is 3. The number of hydrogen-bond donors (Lipinski definition) is 0. The highest BCUT2D eigenvalue weighted by Crippen LogP contribution is 2.34. The molecule has 11 heteroatoms. The molecule has 0 saturated carbocycles. The van der Waals surface area contributed by atoms with Crippen molar-refractivity contribution in [2.24, 2.45) is 0 Å². The minimum Gasteiger partial charge on any atom is -0.336 e. The second-order valence-corrected chi connectivity index (χ2v) is 11.3. The number of rotatable bonds is 13. The van der Waals surface area contributed by atoms with E-state index < -0.39 is 168 Å². The number of aromatic nitrogens is 2. The Morgan fingerprint density at radius 2 is 1.71 bits per heavy atom. The molecular formula is C37H40F4N4O2S. The number of alkyl halides is 3. The minimum absolute atomic E-state index is 0.103. The second-order valence-electron chi connectivity index (χ2n) is 10.3. The molecule has 1 aromatic heterocycles. The summed E-state index contributed by atoms with van der Waals surface area (Å²) in [6.45, 7) is -5.30. The lowest BCUT2D eigenvalue weighted by Crippen LogP contribution is -2.40. The first-order valence-electron chi connectivity index (χ1n) is 22.9. The van der Waals surface area contributed by atoms with Gasteiger partial charge in [0.15, 0.2) is 5.16 Å². The van der Waals surface area contributed by atoms with E-state index in [9.17, 15) is 27.2 Å². The molecule has 0 N–H and O–H groups in total. The molecule has 3 aromatic carbocycles. The van der Waals surface area contributed by atoms with Crippen LogP contribution in [0.4, 0.5) is 17.6 Å². The molecule has 5 rings (SSSR count). The van der Waals surface area contributed by atoms with Crippen LogP contribution < -0.4 is 5.56 Å². The zero-order valence-corrected chi connectivity index (χ0v) is 26.7. The predicted octanol–water partition coefficient (Wildman–Crippen LogP) is 7.53. The van der Waals surface area contributed by atoms with Gasteiger partial charge in [-0.05, 0) is 85.0 Å². The molecule has 48 heavy (non-hydrogen) atoms. The van der Waals surface area contributed by atoms with Gasteiger partial charge in [0, 0.05) is 50.4 Å². The van der Waals surface area contributed by atoms with Gasteiger partial charge in [-0.25, -0.2) is 4.39 Å². The second kappa shape index (κ2) is 15.5. The van der Waals surface area contributed by atoms with Crippen molar-refractivity contribution in [2.45, 2.75) is 70.1 Å². The van der Waals surface area contributed by atoms with E-state index in [4.69, 9.17) is 23.3 Å². The third-order valence-electron chi connectivity index (χ3n) is 7.14. The van der Waals surface area contributed by atoms with Crippen molar-refractivity contribution in [3.05, 3.63) is 116 Å². The van der Waals surface area contributed by atoms with Gasteiger partial charge < -0.3 is 14.4 Å². The first-order valence-corrected chi connectivity index (χ1v) is 15.4. The SMILES string of the molecule is [2H]c1c([2H])c(-c2c([2H])c([2H])c(C(F)(F)F)c(C)c2[2H])c([2H])c([2H])c1CN(CCN(C([2H])([2H])C)C([2H])([2H])C)C(=O)Cn1c(SCc2ccc(F)cc2)nc(=O)c2c1C([2H])([2H])C([2H])([2H])C2([2H])[2H]. The first-order chi connectivity index (χ1) is 29.5. The number of carbonyl (C=O) groups excluding carboxylic acids is 1. The summed E-state index contributed by atoms with van der Waals surface area (Å²) in [5, 5.41) is -0.438. The van der Waals surface area contributed by atoms with Gasteiger partial charge in [0.25, 0.3) is 5.56 Å². The number of halogens is 4. The summed E-state index contributed by atoms with van der Waals surface area (Å²) in [6.07, 6.45) is -15.3. The number of thioether (sulfide) groups is 1. The van der Waals surface area contributed by atoms with E-state index in [0.29, 0.717) is 22.2 Å². The third kappa shape index (κ3) is 8.54. The highest BCUT2D eigenvalue weighted by molar-refractivity contribution is 7.98. The molecule has 1 aliphatic carbocycles. The van der Waals surface area contributed by atoms with Crippen LogP contribution in [0.5, 0.6) is 0 Å². The predicted molar refractivity (Wildman–Crippen MR) is 181 cm³/mol. The highest BCUT2D eigenvalue weighted by atomic mass is 32.2. The van der Waals surface area contributed by atoms with Crippen LogP contribution in [0, 0.1) is 12.7 Å². The van der Waals surface area contributed by atoms with Crippen molar-refractivity contribution in [1.82, 2.24) is 19.4 Å². The quantitative estimate of drug-likeness (QED) is 0.0822. The Bertz CT molecular complexity index is 2550. The van der Waals surface area contributed by atoms with Crippen LogP contribution in [-0.2, 0) is 42.6 Å². The lowest BCUT2D eigenvalue weighted by Gasteiger charge is -2.28. The van der Waals surface area contributed by atoms with Gasteiger partial charge in [0.1, 0.15) is 12.4 Å². The van der Waals surface area contributed by atoms with Crippen molar-refractivity contribution in [3.63, 3.8) is 0 Å². The summed E-state index contributed by atoms with van der Waals surface area (Å²) in [4.78, 5) is 33.6. The number of likely N-dealkylation sites (N-methyl/N-ethyl adjacent to an activating group) is 1. The average Bonchev–Trinajstić information content (AvgIpc) is 3.28. The number of hydrogen-bond acceptors (Lipinski definition) is 5. The smallest absolute Gasteiger partial charge is 0.336 e. The van der Waals surface area contributed by atoms with Gasteiger partial charge in [0.05, 0.1) is 15.2 Å². The van der Waals surface area contributed by atoms with E-state index in [2.05, 4.69) is 4.98 Å². The maximum Gasteiger partial charge on any atom is 0.416 e. The molecule has 0 radical (unpaired) electrons. The van der Waals surface area contributed by atoms with Crippen LogP contribution in [0.3, 0.4) is 0 Å². The van der Waals surface area contributed by atoms with Gasteiger partial charge in [-0.2, -0.15) is 18.2 Å². The van der Waals surface area contributed by atoms with E-state index in [0.717, 1.165) is 42.4 Å². The zero-order chi connectivity index (χ0) is 49.5. The van der Waals surface area contributed by atoms with Crippen LogP contribution in [0.15, 0.2) is 76.5 Å². The molecule has 0 bridgehead atoms. The largest absolute Gasteiger partial charge is 0.416 e. The van der Waals surface area contributed by atoms with E-state index in [-0.39, 0.29) is 5.75 Å². The van der Waals surface area contributed by atoms with Crippen molar-refractivity contribution in [1.29, 1.82) is 0 Å². The topological polar surface area (TPSA) is 58.4 Å². The fourth-order valence-corrected chi connectivity index (χ4v) is 5.59. The average molecular weight is 698 g/mol. The lowest BCUT2D eigenvalue weighted by atomic mass is 9.98. The van der Waals surface area contributed by atoms with Gasteiger partial charge in [-0.1, -0.05) is 74.0 Å². The van der Waals surface area contributed by atoms with Crippen LogP contribution in [0.25, 0.3) is 11.1 Å². The normalized spacial score (nSPS) is 21.7. The molecule has 1 aliphatic rings. The molecule has 254 valence electrons. The van der Waals surface area contributed by atoms with E-state index in [1.165, 1.54) is 12.1 Å². The summed E-state index contributed by atoms with van der Waals surface area (Å²) in [6, 6.07) is -2.49. The van der Waals surface area contributed by atoms with Gasteiger partial charge >= 0.3 is 6.18 Å². The highest BCUT2D eigenvalue weighted by Gasteiger charge is 2.32. The minimum atomic E-state index is -5.17. The van der Waals surface area contributed by atoms with Crippen molar-refractivity contribution in [3.8, 4) is 11.1 Å². The van der Waals surface area contributed by atoms with Gasteiger partial charge in [-0.15, -0.1) is 0 Å². The van der Waals surface area contributed by atoms with E-state index >= 15 is 0 Å². The van der Waals surface area contributed by atoms with E-state index in [1.807, 2.05) is 0 Å². The Morgan fingerprint density at radius 1 is 1.02 bits per heavy atom. The van der Waals surface area contributed by atoms with Crippen molar-refractivity contribution >= 4 is 17.7 Å². The van der Waals surface area contributed by atoms with E-state index in [1.54, 1.807) is 0 Å². The molecule has 4 aromatic rings. The zero-order valence-electron chi connectivity index (χ0n) is 42.9. The number of fused-ring (bicyclic) bond motifs is 1. The molecular weight excluding hydrogens is 640 g/mol. The maximum atomic E-state index is 14.7. The lowest BCUT2D eigenvalue weighted by molar-refractivity contribution is -0.138. The third-order valence-corrected chi connectivity index (χ3v) is 8.18. The molecule has 0 unspecified atom stereocenters. The fourth-order valence-electron chi connectivity index (χ4n) is 4.64. The summed E-state index contributed by atoms with van der Waals surface area (Å²) in [5.41, 5.74) is -7.54. The number of carbonyl (C=O) groups is 1. The molecule has 6 nitrogen and oxygen atoms in total. The van der Waals surface area contributed by atoms with Crippen LogP contribution in [0.1, 0.15) is 77.0 Å². The molecule has 1 amide bonds. The maximum absolute atomic E-state index is 14.7. The first kappa shape index (κ1) is 19.3. The van der Waals surface area contributed by atoms with Crippen molar-refractivity contribution in [2.75, 3.05) is 26.1 Å². The van der Waals surface area contributed by atoms with Crippen LogP contribution >= 0.6 is 11.8 Å². The van der Waals surface area contributed by atoms with Crippen LogP contribution in [-0.4, -0.2) is 51.3 Å². The van der Waals surface area contributed by atoms with Gasteiger partial charge in [-0.3, -0.25) is 9.59 Å². The number of amides is 1. The van der Waals surface area contributed by atoms with Gasteiger partial charge in [0.2, 0.25) is 5.91 Å². The number of nitrogens with zero attached hydrogens (tertiary/aromatic N) is 4. The Labute approximate surface area is 306 Å². The fraction of sp³-hybridized carbons (Fsp3) is 0.378. The summed E-state index contributed by atoms with van der Waals surface area (Å²) in [7, 11) is 0. The summed E-state index contributed by atoms with van der Waals surface area (Å²) < 4.78 is 201. The summed E-state index contributed by atoms with van der Waals surface area (Å²) >= 11 is 0.708. The monoisotopic (exact) mass is 697 g/mol. The molecule has 0 atom stereocenters. The van der Waals surface area contributed by atoms with Crippen LogP contribution in [0.2, 0.25) is 0 Å². The Kier molecular flexibility index (Phi) is 6.23. The van der Waals surface area contributed by atoms with Crippen molar-refractivity contribution < 1.29 is 45.7 Å². The Hall–Kier alpha value is -3.96. The standard InChI is InChI=1S/C37H40F4N4O2S/c1-4-43(5-2)19-20-44(22-26-9-13-28(14-10-26)29-15-18-32(25(3)21-29)37(39,40)41)34(46)23-45-33-8-6-7-31(33)35(47)42-36(45)48-24-27-11-16-30(38)17-12-27/h9-18,21H,4-8,19-20,22-24H2,1-3H3/i4D2,5D2,6D2,7D2,8D2,9D,10D,13D,14D,15D,18D,21D. The molecule has 0 spiro atoms. The molecule has 1 heterocycles. The summed E-state index contributed by atoms with van der Waals surface area (Å²) in [5.74, 6) is -1.84. The molecule has 0 fully saturated rings. The molecule has 0 saturated heterocycles. The Morgan fingerprint density at radius 3 is 2.38 bits per heavy atom. The Balaban J connectivity index is 1.71. The molecule has 0 aliphatic heterocycles.